The second kappa shape index (κ2) is 11.1. The SMILES string of the molecule is O=C(CCC(O)CCC(=O)OCc1ccccc1)OCc1ccccc1. The van der Waals surface area contributed by atoms with Crippen molar-refractivity contribution in [2.75, 3.05) is 0 Å². The van der Waals surface area contributed by atoms with E-state index in [4.69, 9.17) is 9.47 Å². The maximum atomic E-state index is 11.7. The van der Waals surface area contributed by atoms with E-state index in [0.717, 1.165) is 11.1 Å². The van der Waals surface area contributed by atoms with Crippen molar-refractivity contribution < 1.29 is 24.2 Å². The van der Waals surface area contributed by atoms with Crippen LogP contribution in [0.15, 0.2) is 60.7 Å². The summed E-state index contributed by atoms with van der Waals surface area (Å²) in [5, 5.41) is 9.90. The number of aliphatic hydroxyl groups is 1. The number of carbonyl (C=O) groups excluding carboxylic acids is 2. The van der Waals surface area contributed by atoms with Crippen molar-refractivity contribution in [1.29, 1.82) is 0 Å². The third-order valence-corrected chi connectivity index (χ3v) is 3.85. The van der Waals surface area contributed by atoms with Gasteiger partial charge in [-0.25, -0.2) is 0 Å². The minimum atomic E-state index is -0.733. The van der Waals surface area contributed by atoms with Gasteiger partial charge in [0.15, 0.2) is 0 Å². The Hall–Kier alpha value is -2.66. The van der Waals surface area contributed by atoms with Gasteiger partial charge in [0.25, 0.3) is 0 Å². The van der Waals surface area contributed by atoms with E-state index in [1.807, 2.05) is 60.7 Å². The predicted octanol–water partition coefficient (Wildman–Crippen LogP) is 3.39. The van der Waals surface area contributed by atoms with E-state index in [1.165, 1.54) is 0 Å². The van der Waals surface area contributed by atoms with Crippen LogP contribution in [0.25, 0.3) is 0 Å². The van der Waals surface area contributed by atoms with Crippen LogP contribution in [0.4, 0.5) is 0 Å². The number of benzene rings is 2. The largest absolute Gasteiger partial charge is 0.461 e. The van der Waals surface area contributed by atoms with Crippen molar-refractivity contribution >= 4 is 11.9 Å². The second-order valence-electron chi connectivity index (χ2n) is 6.02. The van der Waals surface area contributed by atoms with Gasteiger partial charge < -0.3 is 14.6 Å². The first kappa shape index (κ1) is 19.7. The van der Waals surface area contributed by atoms with Gasteiger partial charge in [-0.3, -0.25) is 9.59 Å². The molecule has 0 saturated heterocycles. The molecule has 0 spiro atoms. The Morgan fingerprint density at radius 2 is 1.12 bits per heavy atom. The lowest BCUT2D eigenvalue weighted by molar-refractivity contribution is -0.145. The topological polar surface area (TPSA) is 72.8 Å². The summed E-state index contributed by atoms with van der Waals surface area (Å²) >= 11 is 0. The maximum absolute atomic E-state index is 11.7. The van der Waals surface area contributed by atoms with E-state index in [2.05, 4.69) is 0 Å². The number of hydrogen-bond donors (Lipinski definition) is 1. The molecule has 0 aliphatic rings. The molecule has 0 unspecified atom stereocenters. The van der Waals surface area contributed by atoms with Crippen molar-refractivity contribution in [3.63, 3.8) is 0 Å². The molecule has 0 aliphatic carbocycles. The van der Waals surface area contributed by atoms with E-state index in [1.54, 1.807) is 0 Å². The highest BCUT2D eigenvalue weighted by Crippen LogP contribution is 2.09. The lowest BCUT2D eigenvalue weighted by Gasteiger charge is -2.10. The van der Waals surface area contributed by atoms with Gasteiger partial charge in [-0.15, -0.1) is 0 Å². The fraction of sp³-hybridized carbons (Fsp3) is 0.333. The molecule has 2 aromatic carbocycles. The van der Waals surface area contributed by atoms with Gasteiger partial charge in [0, 0.05) is 12.8 Å². The summed E-state index contributed by atoms with van der Waals surface area (Å²) in [6.07, 6.45) is 0.0304. The molecule has 5 heteroatoms. The zero-order chi connectivity index (χ0) is 18.6. The molecule has 0 atom stereocenters. The van der Waals surface area contributed by atoms with E-state index >= 15 is 0 Å². The van der Waals surface area contributed by atoms with Gasteiger partial charge in [-0.1, -0.05) is 60.7 Å². The second-order valence-corrected chi connectivity index (χ2v) is 6.02. The van der Waals surface area contributed by atoms with Crippen LogP contribution in [0.1, 0.15) is 36.8 Å². The van der Waals surface area contributed by atoms with Crippen LogP contribution < -0.4 is 0 Å². The van der Waals surface area contributed by atoms with Crippen LogP contribution in [-0.4, -0.2) is 23.1 Å². The Kier molecular flexibility index (Phi) is 8.36. The molecule has 5 nitrogen and oxygen atoms in total. The molecule has 0 fully saturated rings. The highest BCUT2D eigenvalue weighted by Gasteiger charge is 2.12. The van der Waals surface area contributed by atoms with Gasteiger partial charge in [0.05, 0.1) is 6.10 Å². The zero-order valence-electron chi connectivity index (χ0n) is 14.7. The van der Waals surface area contributed by atoms with Gasteiger partial charge >= 0.3 is 11.9 Å². The molecule has 0 radical (unpaired) electrons. The molecule has 2 rings (SSSR count). The number of ether oxygens (including phenoxy) is 2. The Morgan fingerprint density at radius 1 is 0.731 bits per heavy atom. The van der Waals surface area contributed by atoms with Crippen LogP contribution in [0.3, 0.4) is 0 Å². The van der Waals surface area contributed by atoms with Gasteiger partial charge in [0.1, 0.15) is 13.2 Å². The standard InChI is InChI=1S/C21H24O5/c22-19(11-13-20(23)25-15-17-7-3-1-4-8-17)12-14-21(24)26-16-18-9-5-2-6-10-18/h1-10,19,22H,11-16H2. The molecule has 0 aliphatic heterocycles. The lowest BCUT2D eigenvalue weighted by atomic mass is 10.1. The number of rotatable bonds is 10. The highest BCUT2D eigenvalue weighted by atomic mass is 16.5. The normalized spacial score (nSPS) is 10.5. The van der Waals surface area contributed by atoms with Crippen molar-refractivity contribution in [2.24, 2.45) is 0 Å². The molecular weight excluding hydrogens is 332 g/mol. The summed E-state index contributed by atoms with van der Waals surface area (Å²) in [7, 11) is 0. The highest BCUT2D eigenvalue weighted by molar-refractivity contribution is 5.70. The van der Waals surface area contributed by atoms with Crippen LogP contribution in [0.5, 0.6) is 0 Å². The van der Waals surface area contributed by atoms with E-state index in [-0.39, 0.29) is 50.8 Å². The number of carbonyl (C=O) groups is 2. The molecule has 0 aromatic heterocycles. The monoisotopic (exact) mass is 356 g/mol. The lowest BCUT2D eigenvalue weighted by Crippen LogP contribution is -2.14. The quantitative estimate of drug-likeness (QED) is 0.661. The third kappa shape index (κ3) is 7.94. The number of aliphatic hydroxyl groups excluding tert-OH is 1. The number of esters is 2. The van der Waals surface area contributed by atoms with Gasteiger partial charge in [0.2, 0.25) is 0 Å². The third-order valence-electron chi connectivity index (χ3n) is 3.85. The molecule has 0 saturated carbocycles. The van der Waals surface area contributed by atoms with E-state index < -0.39 is 6.10 Å². The Morgan fingerprint density at radius 3 is 1.50 bits per heavy atom. The Labute approximate surface area is 153 Å². The maximum Gasteiger partial charge on any atom is 0.306 e. The zero-order valence-corrected chi connectivity index (χ0v) is 14.7. The van der Waals surface area contributed by atoms with E-state index in [0.29, 0.717) is 0 Å². The molecule has 1 N–H and O–H groups in total. The first-order valence-electron chi connectivity index (χ1n) is 8.70. The Bertz CT molecular complexity index is 610. The van der Waals surface area contributed by atoms with Crippen molar-refractivity contribution in [3.05, 3.63) is 71.8 Å². The van der Waals surface area contributed by atoms with Crippen LogP contribution in [-0.2, 0) is 32.3 Å². The summed E-state index contributed by atoms with van der Waals surface area (Å²) in [4.78, 5) is 23.4. The Balaban J connectivity index is 1.55. The van der Waals surface area contributed by atoms with E-state index in [9.17, 15) is 14.7 Å². The van der Waals surface area contributed by atoms with Crippen LogP contribution >= 0.6 is 0 Å². The average molecular weight is 356 g/mol. The van der Waals surface area contributed by atoms with Crippen LogP contribution in [0.2, 0.25) is 0 Å². The molecule has 0 bridgehead atoms. The summed E-state index contributed by atoms with van der Waals surface area (Å²) in [6, 6.07) is 18.8. The molecular formula is C21H24O5. The van der Waals surface area contributed by atoms with Crippen LogP contribution in [0, 0.1) is 0 Å². The molecule has 26 heavy (non-hydrogen) atoms. The first-order valence-corrected chi connectivity index (χ1v) is 8.70. The molecule has 0 amide bonds. The fourth-order valence-corrected chi connectivity index (χ4v) is 2.33. The fourth-order valence-electron chi connectivity index (χ4n) is 2.33. The summed E-state index contributed by atoms with van der Waals surface area (Å²) < 4.78 is 10.3. The molecule has 2 aromatic rings. The average Bonchev–Trinajstić information content (AvgIpc) is 2.69. The smallest absolute Gasteiger partial charge is 0.306 e. The van der Waals surface area contributed by atoms with Crippen molar-refractivity contribution in [3.8, 4) is 0 Å². The molecule has 138 valence electrons. The van der Waals surface area contributed by atoms with Gasteiger partial charge in [-0.05, 0) is 24.0 Å². The summed E-state index contributed by atoms with van der Waals surface area (Å²) in [5.74, 6) is -0.723. The van der Waals surface area contributed by atoms with Gasteiger partial charge in [-0.2, -0.15) is 0 Å². The summed E-state index contributed by atoms with van der Waals surface area (Å²) in [5.41, 5.74) is 1.84. The number of hydrogen-bond acceptors (Lipinski definition) is 5. The minimum absolute atomic E-state index is 0.118. The summed E-state index contributed by atoms with van der Waals surface area (Å²) in [6.45, 7) is 0.448. The predicted molar refractivity (Wildman–Crippen MR) is 97.0 cm³/mol. The molecule has 0 heterocycles. The first-order chi connectivity index (χ1) is 12.6. The van der Waals surface area contributed by atoms with Crippen molar-refractivity contribution in [1.82, 2.24) is 0 Å². The minimum Gasteiger partial charge on any atom is -0.461 e. The van der Waals surface area contributed by atoms with Crippen molar-refractivity contribution in [2.45, 2.75) is 45.0 Å².